The van der Waals surface area contributed by atoms with Crippen LogP contribution in [0.2, 0.25) is 0 Å². The van der Waals surface area contributed by atoms with E-state index in [0.717, 1.165) is 24.3 Å². The molecule has 0 spiro atoms. The molecule has 0 aliphatic carbocycles. The van der Waals surface area contributed by atoms with Crippen LogP contribution in [-0.4, -0.2) is 24.9 Å². The summed E-state index contributed by atoms with van der Waals surface area (Å²) in [6, 6.07) is 6.47. The highest BCUT2D eigenvalue weighted by Gasteiger charge is 2.05. The Morgan fingerprint density at radius 1 is 1.44 bits per heavy atom. The molecule has 0 radical (unpaired) electrons. The average molecular weight is 223 g/mol. The molecular formula is C13H21NO2. The Labute approximate surface area is 97.4 Å². The first kappa shape index (κ1) is 13.0. The molecular weight excluding hydrogens is 202 g/mol. The van der Waals surface area contributed by atoms with Crippen molar-refractivity contribution in [2.24, 2.45) is 0 Å². The highest BCUT2D eigenvalue weighted by Crippen LogP contribution is 2.19. The molecule has 1 aromatic rings. The quantitative estimate of drug-likeness (QED) is 0.773. The number of hydrogen-bond donors (Lipinski definition) is 2. The van der Waals surface area contributed by atoms with E-state index in [1.165, 1.54) is 5.56 Å². The molecule has 0 unspecified atom stereocenters. The van der Waals surface area contributed by atoms with Crippen LogP contribution in [0.15, 0.2) is 18.2 Å². The van der Waals surface area contributed by atoms with E-state index in [1.807, 2.05) is 12.1 Å². The standard InChI is InChI=1S/C13H21NO2/c1-10-4-5-13(16-3)12(8-10)9-14-11(2)6-7-15/h4-5,8,11,14-15H,6-7,9H2,1-3H3/t11-/m1/s1. The molecule has 3 nitrogen and oxygen atoms in total. The number of hydrogen-bond acceptors (Lipinski definition) is 3. The van der Waals surface area contributed by atoms with Gasteiger partial charge in [0.2, 0.25) is 0 Å². The second-order valence-electron chi connectivity index (χ2n) is 4.11. The van der Waals surface area contributed by atoms with Crippen LogP contribution in [0.4, 0.5) is 0 Å². The van der Waals surface area contributed by atoms with Crippen molar-refractivity contribution in [1.29, 1.82) is 0 Å². The van der Waals surface area contributed by atoms with Gasteiger partial charge in [0.15, 0.2) is 0 Å². The molecule has 0 bridgehead atoms. The lowest BCUT2D eigenvalue weighted by Crippen LogP contribution is -2.26. The fourth-order valence-corrected chi connectivity index (χ4v) is 1.63. The summed E-state index contributed by atoms with van der Waals surface area (Å²) in [4.78, 5) is 0. The SMILES string of the molecule is COc1ccc(C)cc1CN[C@H](C)CCO. The van der Waals surface area contributed by atoms with Crippen molar-refractivity contribution < 1.29 is 9.84 Å². The van der Waals surface area contributed by atoms with Gasteiger partial charge < -0.3 is 15.2 Å². The van der Waals surface area contributed by atoms with Crippen LogP contribution in [0.25, 0.3) is 0 Å². The maximum atomic E-state index is 8.81. The third kappa shape index (κ3) is 3.83. The Bertz CT molecular complexity index is 326. The fraction of sp³-hybridized carbons (Fsp3) is 0.538. The summed E-state index contributed by atoms with van der Waals surface area (Å²) in [6.07, 6.45) is 0.772. The summed E-state index contributed by atoms with van der Waals surface area (Å²) in [6.45, 7) is 5.13. The molecule has 90 valence electrons. The first-order chi connectivity index (χ1) is 7.67. The minimum atomic E-state index is 0.221. The summed E-state index contributed by atoms with van der Waals surface area (Å²) in [5.74, 6) is 0.911. The van der Waals surface area contributed by atoms with E-state index in [2.05, 4.69) is 25.2 Å². The van der Waals surface area contributed by atoms with E-state index in [1.54, 1.807) is 7.11 Å². The second kappa shape index (κ2) is 6.51. The molecule has 1 aromatic carbocycles. The molecule has 0 aliphatic heterocycles. The molecule has 0 saturated heterocycles. The van der Waals surface area contributed by atoms with E-state index < -0.39 is 0 Å². The Morgan fingerprint density at radius 3 is 2.81 bits per heavy atom. The van der Waals surface area contributed by atoms with E-state index in [9.17, 15) is 0 Å². The van der Waals surface area contributed by atoms with Crippen molar-refractivity contribution in [1.82, 2.24) is 5.32 Å². The number of rotatable bonds is 6. The van der Waals surface area contributed by atoms with Crippen LogP contribution < -0.4 is 10.1 Å². The van der Waals surface area contributed by atoms with Gasteiger partial charge in [0.25, 0.3) is 0 Å². The highest BCUT2D eigenvalue weighted by atomic mass is 16.5. The van der Waals surface area contributed by atoms with Crippen LogP contribution in [0, 0.1) is 6.92 Å². The van der Waals surface area contributed by atoms with E-state index in [-0.39, 0.29) is 6.61 Å². The third-order valence-corrected chi connectivity index (χ3v) is 2.64. The van der Waals surface area contributed by atoms with E-state index in [4.69, 9.17) is 9.84 Å². The van der Waals surface area contributed by atoms with Crippen LogP contribution in [0.3, 0.4) is 0 Å². The molecule has 0 fully saturated rings. The molecule has 0 heterocycles. The molecule has 1 atom stereocenters. The zero-order valence-corrected chi connectivity index (χ0v) is 10.3. The lowest BCUT2D eigenvalue weighted by atomic mass is 10.1. The van der Waals surface area contributed by atoms with Crippen molar-refractivity contribution in [3.63, 3.8) is 0 Å². The molecule has 0 saturated carbocycles. The lowest BCUT2D eigenvalue weighted by molar-refractivity contribution is 0.268. The normalized spacial score (nSPS) is 12.5. The van der Waals surface area contributed by atoms with E-state index >= 15 is 0 Å². The maximum absolute atomic E-state index is 8.81. The minimum absolute atomic E-state index is 0.221. The van der Waals surface area contributed by atoms with Gasteiger partial charge in [0.05, 0.1) is 7.11 Å². The van der Waals surface area contributed by atoms with Crippen molar-refractivity contribution in [2.75, 3.05) is 13.7 Å². The van der Waals surface area contributed by atoms with E-state index in [0.29, 0.717) is 6.04 Å². The van der Waals surface area contributed by atoms with Gasteiger partial charge in [0, 0.05) is 24.8 Å². The van der Waals surface area contributed by atoms with Gasteiger partial charge in [-0.25, -0.2) is 0 Å². The van der Waals surface area contributed by atoms with Gasteiger partial charge in [-0.1, -0.05) is 17.7 Å². The Kier molecular flexibility index (Phi) is 5.29. The number of ether oxygens (including phenoxy) is 1. The third-order valence-electron chi connectivity index (χ3n) is 2.64. The molecule has 0 aliphatic rings. The number of aliphatic hydroxyl groups excluding tert-OH is 1. The molecule has 1 rings (SSSR count). The number of nitrogens with one attached hydrogen (secondary N) is 1. The van der Waals surface area contributed by atoms with Gasteiger partial charge in [-0.15, -0.1) is 0 Å². The average Bonchev–Trinajstić information content (AvgIpc) is 2.27. The van der Waals surface area contributed by atoms with Crippen LogP contribution in [0.5, 0.6) is 5.75 Å². The fourth-order valence-electron chi connectivity index (χ4n) is 1.63. The second-order valence-corrected chi connectivity index (χ2v) is 4.11. The van der Waals surface area contributed by atoms with Crippen molar-refractivity contribution in [2.45, 2.75) is 32.9 Å². The first-order valence-corrected chi connectivity index (χ1v) is 5.65. The molecule has 0 amide bonds. The maximum Gasteiger partial charge on any atom is 0.123 e. The first-order valence-electron chi connectivity index (χ1n) is 5.65. The van der Waals surface area contributed by atoms with Gasteiger partial charge in [-0.05, 0) is 26.3 Å². The van der Waals surface area contributed by atoms with Gasteiger partial charge in [0.1, 0.15) is 5.75 Å². The van der Waals surface area contributed by atoms with Crippen LogP contribution >= 0.6 is 0 Å². The number of methoxy groups -OCH3 is 1. The molecule has 16 heavy (non-hydrogen) atoms. The molecule has 2 N–H and O–H groups in total. The summed E-state index contributed by atoms with van der Waals surface area (Å²) in [5, 5.41) is 12.2. The molecule has 0 aromatic heterocycles. The number of aryl methyl sites for hydroxylation is 1. The van der Waals surface area contributed by atoms with Crippen LogP contribution in [0.1, 0.15) is 24.5 Å². The van der Waals surface area contributed by atoms with Gasteiger partial charge in [-0.2, -0.15) is 0 Å². The molecule has 3 heteroatoms. The Hall–Kier alpha value is -1.06. The Morgan fingerprint density at radius 2 is 2.19 bits per heavy atom. The predicted octanol–water partition coefficient (Wildman–Crippen LogP) is 1.86. The summed E-state index contributed by atoms with van der Waals surface area (Å²) in [7, 11) is 1.69. The highest BCUT2D eigenvalue weighted by molar-refractivity contribution is 5.36. The van der Waals surface area contributed by atoms with Crippen molar-refractivity contribution >= 4 is 0 Å². The zero-order valence-electron chi connectivity index (χ0n) is 10.3. The van der Waals surface area contributed by atoms with Gasteiger partial charge >= 0.3 is 0 Å². The zero-order chi connectivity index (χ0) is 12.0. The largest absolute Gasteiger partial charge is 0.496 e. The van der Waals surface area contributed by atoms with Crippen LogP contribution in [-0.2, 0) is 6.54 Å². The summed E-state index contributed by atoms with van der Waals surface area (Å²) >= 11 is 0. The summed E-state index contributed by atoms with van der Waals surface area (Å²) in [5.41, 5.74) is 2.39. The number of benzene rings is 1. The minimum Gasteiger partial charge on any atom is -0.496 e. The number of aliphatic hydroxyl groups is 1. The van der Waals surface area contributed by atoms with Crippen molar-refractivity contribution in [3.05, 3.63) is 29.3 Å². The van der Waals surface area contributed by atoms with Crippen molar-refractivity contribution in [3.8, 4) is 5.75 Å². The lowest BCUT2D eigenvalue weighted by Gasteiger charge is -2.14. The topological polar surface area (TPSA) is 41.5 Å². The summed E-state index contributed by atoms with van der Waals surface area (Å²) < 4.78 is 5.30. The van der Waals surface area contributed by atoms with Gasteiger partial charge in [-0.3, -0.25) is 0 Å². The predicted molar refractivity (Wildman–Crippen MR) is 65.7 cm³/mol. The smallest absolute Gasteiger partial charge is 0.123 e. The monoisotopic (exact) mass is 223 g/mol. The Balaban J connectivity index is 2.61.